The zero-order valence-corrected chi connectivity index (χ0v) is 32.3. The zero-order valence-electron chi connectivity index (χ0n) is 32.3. The van der Waals surface area contributed by atoms with E-state index < -0.39 is 5.97 Å². The van der Waals surface area contributed by atoms with Crippen molar-refractivity contribution in [1.29, 1.82) is 0 Å². The zero-order chi connectivity index (χ0) is 38.9. The second kappa shape index (κ2) is 31.4. The topological polar surface area (TPSA) is 137 Å². The summed E-state index contributed by atoms with van der Waals surface area (Å²) < 4.78 is 73.0. The SMILES string of the molecule is COCCOCCOCCOc1c(OCCOCCOCCOCc2ccccc2)cc(C(=O)OC)cc1OCCOCCOCCOCc1ccccc1. The van der Waals surface area contributed by atoms with Crippen molar-refractivity contribution in [1.82, 2.24) is 0 Å². The Hall–Kier alpha value is -3.83. The maximum atomic E-state index is 12.6. The summed E-state index contributed by atoms with van der Waals surface area (Å²) in [5.74, 6) is 0.339. The van der Waals surface area contributed by atoms with Crippen LogP contribution in [0.5, 0.6) is 17.2 Å². The normalized spacial score (nSPS) is 11.1. The highest BCUT2D eigenvalue weighted by molar-refractivity contribution is 5.91. The van der Waals surface area contributed by atoms with E-state index in [0.29, 0.717) is 110 Å². The van der Waals surface area contributed by atoms with Crippen molar-refractivity contribution in [2.45, 2.75) is 13.2 Å². The molecule has 0 bridgehead atoms. The summed E-state index contributed by atoms with van der Waals surface area (Å²) in [7, 11) is 2.93. The van der Waals surface area contributed by atoms with Gasteiger partial charge in [-0.25, -0.2) is 4.79 Å². The summed E-state index contributed by atoms with van der Waals surface area (Å²) in [5, 5.41) is 0. The molecular formula is C41H58O14. The van der Waals surface area contributed by atoms with Crippen LogP contribution in [0.4, 0.5) is 0 Å². The molecular weight excluding hydrogens is 716 g/mol. The number of methoxy groups -OCH3 is 2. The number of benzene rings is 3. The van der Waals surface area contributed by atoms with E-state index in [-0.39, 0.29) is 45.2 Å². The van der Waals surface area contributed by atoms with E-state index in [9.17, 15) is 4.79 Å². The Morgan fingerprint density at radius 2 is 0.764 bits per heavy atom. The number of esters is 1. The van der Waals surface area contributed by atoms with Gasteiger partial charge in [-0.3, -0.25) is 0 Å². The van der Waals surface area contributed by atoms with Gasteiger partial charge in [0, 0.05) is 7.11 Å². The average molecular weight is 775 g/mol. The number of carbonyl (C=O) groups excluding carboxylic acids is 1. The number of carbonyl (C=O) groups is 1. The molecule has 0 heterocycles. The van der Waals surface area contributed by atoms with Gasteiger partial charge in [0.2, 0.25) is 5.75 Å². The predicted octanol–water partition coefficient (Wildman–Crippen LogP) is 4.79. The lowest BCUT2D eigenvalue weighted by molar-refractivity contribution is 0.00495. The predicted molar refractivity (Wildman–Crippen MR) is 203 cm³/mol. The molecule has 0 radical (unpaired) electrons. The highest BCUT2D eigenvalue weighted by Crippen LogP contribution is 2.39. The van der Waals surface area contributed by atoms with Gasteiger partial charge < -0.3 is 61.6 Å². The minimum atomic E-state index is -0.555. The molecule has 14 heteroatoms. The molecule has 14 nitrogen and oxygen atoms in total. The number of hydrogen-bond acceptors (Lipinski definition) is 14. The van der Waals surface area contributed by atoms with Crippen molar-refractivity contribution in [3.05, 3.63) is 89.5 Å². The smallest absolute Gasteiger partial charge is 0.338 e. The molecule has 0 aromatic heterocycles. The lowest BCUT2D eigenvalue weighted by Crippen LogP contribution is -2.16. The van der Waals surface area contributed by atoms with E-state index in [1.165, 1.54) is 7.11 Å². The van der Waals surface area contributed by atoms with Crippen LogP contribution in [-0.4, -0.2) is 139 Å². The standard InChI is InChI=1S/C41H58O14/c1-43-13-14-45-15-18-50-27-30-55-40-38(53-28-25-48-19-16-46-21-23-51-33-35-9-5-3-6-10-35)31-37(41(42)44-2)32-39(40)54-29-26-49-20-17-47-22-24-52-34-36-11-7-4-8-12-36/h3-12,31-32H,13-30,33-34H2,1-2H3. The Morgan fingerprint density at radius 3 is 1.15 bits per heavy atom. The van der Waals surface area contributed by atoms with Gasteiger partial charge in [0.15, 0.2) is 11.5 Å². The summed E-state index contributed by atoms with van der Waals surface area (Å²) in [5.41, 5.74) is 2.47. The largest absolute Gasteiger partial charge is 0.487 e. The summed E-state index contributed by atoms with van der Waals surface area (Å²) in [4.78, 5) is 12.6. The molecule has 3 rings (SSSR count). The van der Waals surface area contributed by atoms with Gasteiger partial charge in [0.05, 0.1) is 125 Å². The van der Waals surface area contributed by atoms with Crippen LogP contribution < -0.4 is 14.2 Å². The monoisotopic (exact) mass is 774 g/mol. The van der Waals surface area contributed by atoms with Crippen LogP contribution in [0.2, 0.25) is 0 Å². The molecule has 55 heavy (non-hydrogen) atoms. The number of rotatable bonds is 35. The van der Waals surface area contributed by atoms with Crippen molar-refractivity contribution in [3.63, 3.8) is 0 Å². The van der Waals surface area contributed by atoms with Crippen molar-refractivity contribution in [2.75, 3.05) is 133 Å². The summed E-state index contributed by atoms with van der Waals surface area (Å²) in [6.45, 7) is 7.76. The molecule has 0 saturated heterocycles. The highest BCUT2D eigenvalue weighted by atomic mass is 16.6. The van der Waals surface area contributed by atoms with E-state index in [1.807, 2.05) is 60.7 Å². The van der Waals surface area contributed by atoms with E-state index in [2.05, 4.69) is 0 Å². The molecule has 0 aliphatic carbocycles. The van der Waals surface area contributed by atoms with Gasteiger partial charge in [0.25, 0.3) is 0 Å². The van der Waals surface area contributed by atoms with Gasteiger partial charge in [-0.15, -0.1) is 0 Å². The Morgan fingerprint density at radius 1 is 0.418 bits per heavy atom. The minimum Gasteiger partial charge on any atom is -0.487 e. The van der Waals surface area contributed by atoms with Crippen LogP contribution in [0.15, 0.2) is 72.8 Å². The van der Waals surface area contributed by atoms with E-state index >= 15 is 0 Å². The summed E-state index contributed by atoms with van der Waals surface area (Å²) in [6.07, 6.45) is 0. The van der Waals surface area contributed by atoms with Gasteiger partial charge in [-0.05, 0) is 23.3 Å². The van der Waals surface area contributed by atoms with Crippen LogP contribution in [0, 0.1) is 0 Å². The second-order valence-electron chi connectivity index (χ2n) is 11.6. The molecule has 0 spiro atoms. The third kappa shape index (κ3) is 21.7. The van der Waals surface area contributed by atoms with Crippen molar-refractivity contribution in [2.24, 2.45) is 0 Å². The fourth-order valence-electron chi connectivity index (χ4n) is 4.67. The number of hydrogen-bond donors (Lipinski definition) is 0. The first-order chi connectivity index (χ1) is 27.2. The Bertz CT molecular complexity index is 1280. The first-order valence-electron chi connectivity index (χ1n) is 18.5. The second-order valence-corrected chi connectivity index (χ2v) is 11.6. The first-order valence-corrected chi connectivity index (χ1v) is 18.5. The highest BCUT2D eigenvalue weighted by Gasteiger charge is 2.20. The molecule has 0 aliphatic heterocycles. The Kier molecular flexibility index (Phi) is 26.0. The fourth-order valence-corrected chi connectivity index (χ4v) is 4.67. The maximum Gasteiger partial charge on any atom is 0.338 e. The van der Waals surface area contributed by atoms with Crippen molar-refractivity contribution < 1.29 is 66.4 Å². The third-order valence-electron chi connectivity index (χ3n) is 7.40. The minimum absolute atomic E-state index is 0.177. The van der Waals surface area contributed by atoms with Crippen LogP contribution >= 0.6 is 0 Å². The molecule has 306 valence electrons. The lowest BCUT2D eigenvalue weighted by atomic mass is 10.2. The Labute approximate surface area is 325 Å². The molecule has 0 unspecified atom stereocenters. The molecule has 0 amide bonds. The molecule has 0 fully saturated rings. The van der Waals surface area contributed by atoms with Gasteiger partial charge in [-0.2, -0.15) is 0 Å². The van der Waals surface area contributed by atoms with E-state index in [1.54, 1.807) is 19.2 Å². The molecule has 0 saturated carbocycles. The van der Waals surface area contributed by atoms with Gasteiger partial charge >= 0.3 is 5.97 Å². The van der Waals surface area contributed by atoms with Crippen LogP contribution in [0.1, 0.15) is 21.5 Å². The Balaban J connectivity index is 1.41. The van der Waals surface area contributed by atoms with Crippen molar-refractivity contribution >= 4 is 5.97 Å². The fraction of sp³-hybridized carbons (Fsp3) is 0.537. The van der Waals surface area contributed by atoms with Crippen molar-refractivity contribution in [3.8, 4) is 17.2 Å². The van der Waals surface area contributed by atoms with Crippen LogP contribution in [0.3, 0.4) is 0 Å². The molecule has 0 N–H and O–H groups in total. The molecule has 3 aromatic carbocycles. The number of ether oxygens (including phenoxy) is 13. The van der Waals surface area contributed by atoms with E-state index in [0.717, 1.165) is 11.1 Å². The molecule has 0 atom stereocenters. The maximum absolute atomic E-state index is 12.6. The third-order valence-corrected chi connectivity index (χ3v) is 7.40. The van der Waals surface area contributed by atoms with E-state index in [4.69, 9.17) is 61.6 Å². The quantitative estimate of drug-likeness (QED) is 0.0599. The summed E-state index contributed by atoms with van der Waals surface area (Å²) >= 11 is 0. The lowest BCUT2D eigenvalue weighted by Gasteiger charge is -2.18. The van der Waals surface area contributed by atoms with Gasteiger partial charge in [0.1, 0.15) is 19.8 Å². The molecule has 0 aliphatic rings. The van der Waals surface area contributed by atoms with Crippen LogP contribution in [-0.2, 0) is 60.6 Å². The van der Waals surface area contributed by atoms with Gasteiger partial charge in [-0.1, -0.05) is 60.7 Å². The summed E-state index contributed by atoms with van der Waals surface area (Å²) in [6, 6.07) is 23.1. The molecule has 3 aromatic rings. The average Bonchev–Trinajstić information content (AvgIpc) is 3.22. The first kappa shape index (κ1) is 45.6. The van der Waals surface area contributed by atoms with Crippen LogP contribution in [0.25, 0.3) is 0 Å².